The highest BCUT2D eigenvalue weighted by atomic mass is 16.6. The van der Waals surface area contributed by atoms with E-state index in [0.29, 0.717) is 99.1 Å². The highest BCUT2D eigenvalue weighted by Gasteiger charge is 2.14. The van der Waals surface area contributed by atoms with E-state index in [9.17, 15) is 4.79 Å². The zero-order valence-electron chi connectivity index (χ0n) is 25.4. The Labute approximate surface area is 245 Å². The molecule has 0 rings (SSSR count). The third-order valence-corrected chi connectivity index (χ3v) is 5.05. The topological polar surface area (TPSA) is 137 Å². The van der Waals surface area contributed by atoms with Crippen molar-refractivity contribution >= 4 is 5.97 Å². The lowest BCUT2D eigenvalue weighted by Crippen LogP contribution is -2.31. The van der Waals surface area contributed by atoms with Crippen molar-refractivity contribution in [1.82, 2.24) is 0 Å². The van der Waals surface area contributed by atoms with E-state index in [-0.39, 0.29) is 32.0 Å². The fourth-order valence-corrected chi connectivity index (χ4v) is 2.97. The van der Waals surface area contributed by atoms with Crippen LogP contribution in [-0.4, -0.2) is 172 Å². The number of carbonyl (C=O) groups excluding carboxylic acids is 1. The molecule has 0 aromatic heterocycles. The Hall–Kier alpha value is -1.01. The molecule has 0 saturated carbocycles. The smallest absolute Gasteiger partial charge is 0.306 e. The van der Waals surface area contributed by atoms with Gasteiger partial charge in [0, 0.05) is 28.4 Å². The molecule has 3 unspecified atom stereocenters. The lowest BCUT2D eigenvalue weighted by molar-refractivity contribution is -0.145. The fraction of sp³-hybridized carbons (Fsp3) is 0.926. The minimum Gasteiger partial charge on any atom is -0.463 e. The molecule has 0 spiro atoms. The highest BCUT2D eigenvalue weighted by molar-refractivity contribution is 5.73. The van der Waals surface area contributed by atoms with E-state index in [4.69, 9.17) is 61.6 Å². The van der Waals surface area contributed by atoms with Crippen LogP contribution in [-0.2, 0) is 66.4 Å². The van der Waals surface area contributed by atoms with Gasteiger partial charge in [-0.2, -0.15) is 0 Å². The normalized spacial score (nSPS) is 13.8. The van der Waals surface area contributed by atoms with Gasteiger partial charge in [0.1, 0.15) is 24.9 Å². The summed E-state index contributed by atoms with van der Waals surface area (Å²) >= 11 is 0. The van der Waals surface area contributed by atoms with E-state index in [1.807, 2.05) is 0 Å². The van der Waals surface area contributed by atoms with Crippen molar-refractivity contribution in [2.45, 2.75) is 18.3 Å². The molecule has 14 heteroatoms. The summed E-state index contributed by atoms with van der Waals surface area (Å²) in [6.07, 6.45) is -0.985. The van der Waals surface area contributed by atoms with Gasteiger partial charge in [-0.05, 0) is 0 Å². The van der Waals surface area contributed by atoms with Crippen molar-refractivity contribution in [3.05, 3.63) is 6.92 Å². The summed E-state index contributed by atoms with van der Waals surface area (Å²) in [4.78, 5) is 11.2. The van der Waals surface area contributed by atoms with Gasteiger partial charge >= 0.3 is 5.97 Å². The maximum Gasteiger partial charge on any atom is 0.306 e. The van der Waals surface area contributed by atoms with Crippen molar-refractivity contribution in [3.63, 3.8) is 0 Å². The molecule has 1 radical (unpaired) electrons. The minimum atomic E-state index is -0.644. The van der Waals surface area contributed by atoms with E-state index < -0.39 is 12.1 Å². The van der Waals surface area contributed by atoms with Crippen LogP contribution in [0.5, 0.6) is 0 Å². The van der Waals surface area contributed by atoms with Crippen LogP contribution in [0, 0.1) is 6.92 Å². The molecule has 0 fully saturated rings. The lowest BCUT2D eigenvalue weighted by Gasteiger charge is -2.20. The Balaban J connectivity index is 4.30. The second-order valence-corrected chi connectivity index (χ2v) is 8.51. The van der Waals surface area contributed by atoms with Gasteiger partial charge in [0.05, 0.1) is 119 Å². The van der Waals surface area contributed by atoms with Crippen molar-refractivity contribution in [1.29, 1.82) is 0 Å². The molecule has 3 atom stereocenters. The third kappa shape index (κ3) is 28.9. The molecule has 41 heavy (non-hydrogen) atoms. The monoisotopic (exact) mass is 601 g/mol. The number of rotatable bonds is 33. The zero-order valence-corrected chi connectivity index (χ0v) is 25.4. The number of hydrogen-bond donors (Lipinski definition) is 0. The number of hydrogen-bond acceptors (Lipinski definition) is 14. The molecule has 0 aliphatic heterocycles. The summed E-state index contributed by atoms with van der Waals surface area (Å²) < 4.78 is 70.4. The van der Waals surface area contributed by atoms with Crippen molar-refractivity contribution < 1.29 is 66.4 Å². The Kier molecular flexibility index (Phi) is 31.1. The summed E-state index contributed by atoms with van der Waals surface area (Å²) in [6, 6.07) is 0. The summed E-state index contributed by atoms with van der Waals surface area (Å²) in [5, 5.41) is 0. The molecule has 0 amide bonds. The predicted molar refractivity (Wildman–Crippen MR) is 147 cm³/mol. The number of methoxy groups -OCH3 is 4. The van der Waals surface area contributed by atoms with Crippen LogP contribution in [0.2, 0.25) is 0 Å². The first-order valence-electron chi connectivity index (χ1n) is 13.7. The SMILES string of the molecule is [CH2]C(=O)OCC(COCCOCC(COCCOC)OCCOC)OCCOCC(COCCOC)OCCOC. The van der Waals surface area contributed by atoms with E-state index in [1.165, 1.54) is 0 Å². The van der Waals surface area contributed by atoms with Crippen molar-refractivity contribution in [2.75, 3.05) is 147 Å². The molecule has 245 valence electrons. The predicted octanol–water partition coefficient (Wildman–Crippen LogP) is 0.188. The number of carbonyl (C=O) groups is 1. The molecule has 0 aromatic carbocycles. The second kappa shape index (κ2) is 31.9. The van der Waals surface area contributed by atoms with Crippen LogP contribution in [0.15, 0.2) is 0 Å². The Morgan fingerprint density at radius 3 is 1.05 bits per heavy atom. The Bertz CT molecular complexity index is 542. The summed E-state index contributed by atoms with van der Waals surface area (Å²) in [7, 11) is 6.45. The number of esters is 1. The standard InChI is InChI=1S/C27H53O14/c1-24(28)41-23-27(40-17-14-37-21-26(39-16-9-32-5)19-34-11-7-30-3)22-36-13-12-35-20-25(38-15-8-31-4)18-33-10-6-29-2/h25-27H,1,6-23H2,2-5H3. The zero-order chi connectivity index (χ0) is 30.2. The molecular weight excluding hydrogens is 548 g/mol. The van der Waals surface area contributed by atoms with E-state index in [2.05, 4.69) is 6.92 Å². The van der Waals surface area contributed by atoms with Gasteiger partial charge in [-0.3, -0.25) is 4.79 Å². The van der Waals surface area contributed by atoms with Crippen molar-refractivity contribution in [3.8, 4) is 0 Å². The van der Waals surface area contributed by atoms with E-state index in [0.717, 1.165) is 0 Å². The lowest BCUT2D eigenvalue weighted by atomic mass is 10.4. The average Bonchev–Trinajstić information content (AvgIpc) is 2.96. The van der Waals surface area contributed by atoms with Crippen LogP contribution in [0.1, 0.15) is 0 Å². The van der Waals surface area contributed by atoms with E-state index in [1.54, 1.807) is 28.4 Å². The molecule has 0 heterocycles. The van der Waals surface area contributed by atoms with Crippen LogP contribution >= 0.6 is 0 Å². The second-order valence-electron chi connectivity index (χ2n) is 8.51. The van der Waals surface area contributed by atoms with Gasteiger partial charge in [0.25, 0.3) is 0 Å². The largest absolute Gasteiger partial charge is 0.463 e. The number of ether oxygens (including phenoxy) is 13. The highest BCUT2D eigenvalue weighted by Crippen LogP contribution is 2.01. The molecule has 0 aliphatic rings. The summed E-state index contributed by atoms with van der Waals surface area (Å²) in [6.45, 7) is 9.80. The molecular formula is C27H53O14. The first-order chi connectivity index (χ1) is 20.1. The molecule has 0 saturated heterocycles. The maximum atomic E-state index is 11.2. The fourth-order valence-electron chi connectivity index (χ4n) is 2.97. The van der Waals surface area contributed by atoms with Gasteiger partial charge in [0.2, 0.25) is 0 Å². The van der Waals surface area contributed by atoms with Gasteiger partial charge < -0.3 is 61.6 Å². The first kappa shape index (κ1) is 40.0. The first-order valence-corrected chi connectivity index (χ1v) is 13.7. The quantitative estimate of drug-likeness (QED) is 0.0747. The van der Waals surface area contributed by atoms with E-state index >= 15 is 0 Å². The van der Waals surface area contributed by atoms with Crippen LogP contribution in [0.4, 0.5) is 0 Å². The van der Waals surface area contributed by atoms with Crippen LogP contribution in [0.25, 0.3) is 0 Å². The Morgan fingerprint density at radius 2 is 0.707 bits per heavy atom. The molecule has 0 aliphatic carbocycles. The van der Waals surface area contributed by atoms with Crippen molar-refractivity contribution in [2.24, 2.45) is 0 Å². The molecule has 0 aromatic rings. The average molecular weight is 602 g/mol. The molecule has 14 nitrogen and oxygen atoms in total. The minimum absolute atomic E-state index is 0.00745. The van der Waals surface area contributed by atoms with Gasteiger partial charge in [-0.1, -0.05) is 0 Å². The van der Waals surface area contributed by atoms with Gasteiger partial charge in [-0.25, -0.2) is 0 Å². The van der Waals surface area contributed by atoms with Crippen LogP contribution in [0.3, 0.4) is 0 Å². The van der Waals surface area contributed by atoms with Gasteiger partial charge in [0.15, 0.2) is 0 Å². The van der Waals surface area contributed by atoms with Crippen LogP contribution < -0.4 is 0 Å². The third-order valence-electron chi connectivity index (χ3n) is 5.05. The maximum absolute atomic E-state index is 11.2. The molecule has 0 bridgehead atoms. The summed E-state index contributed by atoms with van der Waals surface area (Å²) in [5.74, 6) is -0.644. The summed E-state index contributed by atoms with van der Waals surface area (Å²) in [5.41, 5.74) is 0. The molecule has 0 N–H and O–H groups in total. The van der Waals surface area contributed by atoms with Gasteiger partial charge in [-0.15, -0.1) is 0 Å². The Morgan fingerprint density at radius 1 is 0.439 bits per heavy atom.